The van der Waals surface area contributed by atoms with Gasteiger partial charge in [0.1, 0.15) is 0 Å². The third-order valence-corrected chi connectivity index (χ3v) is 7.38. The van der Waals surface area contributed by atoms with Gasteiger partial charge in [0.2, 0.25) is 0 Å². The lowest BCUT2D eigenvalue weighted by atomic mass is 9.81. The predicted octanol–water partition coefficient (Wildman–Crippen LogP) is 2.91. The lowest BCUT2D eigenvalue weighted by molar-refractivity contribution is -0.287. The molecule has 6 heteroatoms. The Morgan fingerprint density at radius 1 is 0.867 bits per heavy atom. The highest BCUT2D eigenvalue weighted by Crippen LogP contribution is 2.50. The highest BCUT2D eigenvalue weighted by atomic mass is 16.6. The van der Waals surface area contributed by atoms with Crippen LogP contribution in [0, 0.1) is 40.4 Å². The number of hydrogen-bond donors (Lipinski definition) is 4. The topological polar surface area (TPSA) is 99.4 Å². The van der Waals surface area contributed by atoms with E-state index in [0.717, 1.165) is 19.3 Å². The molecule has 2 aliphatic carbocycles. The van der Waals surface area contributed by atoms with Crippen molar-refractivity contribution < 1.29 is 29.9 Å². The molecule has 0 aromatic carbocycles. The maximum atomic E-state index is 11.1. The summed E-state index contributed by atoms with van der Waals surface area (Å²) < 4.78 is 12.4. The van der Waals surface area contributed by atoms with Crippen LogP contribution in [0.25, 0.3) is 0 Å². The van der Waals surface area contributed by atoms with Crippen molar-refractivity contribution in [2.75, 3.05) is 6.61 Å². The van der Waals surface area contributed by atoms with Crippen molar-refractivity contribution in [3.8, 4) is 0 Å². The molecule has 1 saturated heterocycles. The standard InChI is InChI=1S/C24H44O6/c1-23(2,3)10-13-9-14(12-25)18-19(13)29-21(27)16-8-7-15(20(16)30-22(18)28)17(26)11-24(4,5)6/h13-22,25-28H,7-12H2,1-6H3/t13?,14-,15-,16-,17?,18+,19+,20-,21?,22?/m1/s1. The SMILES string of the molecule is CC(C)(C)CC(O)[C@H]1CC[C@H]2C(O)O[C@H]3C(CC(C)(C)C)C[C@H](CO)[C@@H]3C(O)O[C@H]12. The average Bonchev–Trinajstić information content (AvgIpc) is 3.12. The van der Waals surface area contributed by atoms with E-state index >= 15 is 0 Å². The summed E-state index contributed by atoms with van der Waals surface area (Å²) in [6, 6.07) is 0. The Morgan fingerprint density at radius 2 is 1.50 bits per heavy atom. The first-order valence-electron chi connectivity index (χ1n) is 11.8. The Balaban J connectivity index is 1.82. The van der Waals surface area contributed by atoms with E-state index < -0.39 is 24.8 Å². The molecule has 30 heavy (non-hydrogen) atoms. The summed E-state index contributed by atoms with van der Waals surface area (Å²) in [7, 11) is 0. The Hall–Kier alpha value is -0.240. The minimum absolute atomic E-state index is 0.0223. The molecule has 0 radical (unpaired) electrons. The Bertz CT molecular complexity index is 567. The number of aliphatic hydroxyl groups is 4. The average molecular weight is 429 g/mol. The van der Waals surface area contributed by atoms with E-state index in [9.17, 15) is 20.4 Å². The van der Waals surface area contributed by atoms with E-state index in [1.165, 1.54) is 0 Å². The van der Waals surface area contributed by atoms with Crippen molar-refractivity contribution >= 4 is 0 Å². The molecule has 1 heterocycles. The van der Waals surface area contributed by atoms with Crippen LogP contribution in [0.1, 0.15) is 73.6 Å². The van der Waals surface area contributed by atoms with Gasteiger partial charge in [0.25, 0.3) is 0 Å². The molecule has 6 nitrogen and oxygen atoms in total. The molecular formula is C24H44O6. The van der Waals surface area contributed by atoms with Crippen molar-refractivity contribution in [2.45, 2.75) is 105 Å². The molecule has 2 saturated carbocycles. The highest BCUT2D eigenvalue weighted by molar-refractivity contribution is 4.99. The molecule has 4 N–H and O–H groups in total. The minimum Gasteiger partial charge on any atom is -0.396 e. The number of hydrogen-bond acceptors (Lipinski definition) is 6. The molecular weight excluding hydrogens is 384 g/mol. The highest BCUT2D eigenvalue weighted by Gasteiger charge is 2.55. The summed E-state index contributed by atoms with van der Waals surface area (Å²) in [5, 5.41) is 43.0. The molecule has 0 amide bonds. The van der Waals surface area contributed by atoms with Gasteiger partial charge in [0.05, 0.1) is 18.3 Å². The smallest absolute Gasteiger partial charge is 0.160 e. The Labute approximate surface area is 182 Å². The molecule has 10 atom stereocenters. The lowest BCUT2D eigenvalue weighted by Gasteiger charge is -2.41. The van der Waals surface area contributed by atoms with Crippen molar-refractivity contribution in [3.05, 3.63) is 0 Å². The third kappa shape index (κ3) is 5.38. The van der Waals surface area contributed by atoms with Gasteiger partial charge in [-0.2, -0.15) is 0 Å². The first kappa shape index (κ1) is 24.4. The van der Waals surface area contributed by atoms with E-state index in [2.05, 4.69) is 41.5 Å². The van der Waals surface area contributed by atoms with Gasteiger partial charge < -0.3 is 29.9 Å². The zero-order valence-electron chi connectivity index (χ0n) is 19.6. The zero-order chi connectivity index (χ0) is 22.4. The zero-order valence-corrected chi connectivity index (χ0v) is 19.6. The van der Waals surface area contributed by atoms with Crippen LogP contribution in [0.4, 0.5) is 0 Å². The van der Waals surface area contributed by atoms with Crippen LogP contribution in [0.5, 0.6) is 0 Å². The molecule has 0 aromatic rings. The summed E-state index contributed by atoms with van der Waals surface area (Å²) in [5.74, 6) is -0.749. The van der Waals surface area contributed by atoms with Gasteiger partial charge in [-0.05, 0) is 54.8 Å². The van der Waals surface area contributed by atoms with Gasteiger partial charge in [-0.3, -0.25) is 0 Å². The largest absolute Gasteiger partial charge is 0.396 e. The van der Waals surface area contributed by atoms with Crippen molar-refractivity contribution in [1.82, 2.24) is 0 Å². The van der Waals surface area contributed by atoms with Crippen molar-refractivity contribution in [3.63, 3.8) is 0 Å². The van der Waals surface area contributed by atoms with E-state index in [1.807, 2.05) is 0 Å². The fourth-order valence-corrected chi connectivity index (χ4v) is 6.28. The quantitative estimate of drug-likeness (QED) is 0.549. The number of rotatable bonds is 4. The first-order valence-corrected chi connectivity index (χ1v) is 11.8. The summed E-state index contributed by atoms with van der Waals surface area (Å²) in [4.78, 5) is 0. The van der Waals surface area contributed by atoms with E-state index in [4.69, 9.17) is 9.47 Å². The maximum Gasteiger partial charge on any atom is 0.160 e. The van der Waals surface area contributed by atoms with Crippen LogP contribution < -0.4 is 0 Å². The first-order chi connectivity index (χ1) is 13.8. The van der Waals surface area contributed by atoms with Gasteiger partial charge >= 0.3 is 0 Å². The molecule has 3 rings (SSSR count). The lowest BCUT2D eigenvalue weighted by Crippen LogP contribution is -2.50. The fourth-order valence-electron chi connectivity index (χ4n) is 6.28. The van der Waals surface area contributed by atoms with Crippen molar-refractivity contribution in [1.29, 1.82) is 0 Å². The molecule has 176 valence electrons. The molecule has 4 unspecified atom stereocenters. The summed E-state index contributed by atoms with van der Waals surface area (Å²) in [6.45, 7) is 12.8. The minimum atomic E-state index is -1.07. The van der Waals surface area contributed by atoms with Gasteiger partial charge in [-0.15, -0.1) is 0 Å². The van der Waals surface area contributed by atoms with Crippen LogP contribution in [0.2, 0.25) is 0 Å². The Kier molecular flexibility index (Phi) is 7.28. The monoisotopic (exact) mass is 428 g/mol. The van der Waals surface area contributed by atoms with Gasteiger partial charge in [0, 0.05) is 24.4 Å². The maximum absolute atomic E-state index is 11.1. The van der Waals surface area contributed by atoms with E-state index in [-0.39, 0.29) is 53.1 Å². The van der Waals surface area contributed by atoms with E-state index in [1.54, 1.807) is 0 Å². The normalized spacial score (nSPS) is 43.6. The summed E-state index contributed by atoms with van der Waals surface area (Å²) in [6.07, 6.45) is 0.323. The predicted molar refractivity (Wildman–Crippen MR) is 114 cm³/mol. The number of aliphatic hydroxyl groups excluding tert-OH is 4. The third-order valence-electron chi connectivity index (χ3n) is 7.38. The van der Waals surface area contributed by atoms with Gasteiger partial charge in [-0.1, -0.05) is 41.5 Å². The van der Waals surface area contributed by atoms with Crippen LogP contribution in [0.15, 0.2) is 0 Å². The second-order valence-corrected chi connectivity index (χ2v) is 12.5. The second-order valence-electron chi connectivity index (χ2n) is 12.5. The molecule has 0 spiro atoms. The van der Waals surface area contributed by atoms with Crippen LogP contribution >= 0.6 is 0 Å². The molecule has 0 aromatic heterocycles. The second kappa shape index (κ2) is 8.95. The molecule has 0 bridgehead atoms. The Morgan fingerprint density at radius 3 is 2.07 bits per heavy atom. The van der Waals surface area contributed by atoms with Crippen LogP contribution in [-0.2, 0) is 9.47 Å². The van der Waals surface area contributed by atoms with E-state index in [0.29, 0.717) is 12.8 Å². The number of fused-ring (bicyclic) bond motifs is 2. The van der Waals surface area contributed by atoms with Gasteiger partial charge in [0.15, 0.2) is 12.6 Å². The number of ether oxygens (including phenoxy) is 2. The summed E-state index contributed by atoms with van der Waals surface area (Å²) in [5.41, 5.74) is 0.0612. The summed E-state index contributed by atoms with van der Waals surface area (Å²) >= 11 is 0. The van der Waals surface area contributed by atoms with Crippen LogP contribution in [0.3, 0.4) is 0 Å². The molecule has 1 aliphatic heterocycles. The van der Waals surface area contributed by atoms with Crippen molar-refractivity contribution in [2.24, 2.45) is 40.4 Å². The molecule has 3 fully saturated rings. The fraction of sp³-hybridized carbons (Fsp3) is 1.00. The van der Waals surface area contributed by atoms with Gasteiger partial charge in [-0.25, -0.2) is 0 Å². The molecule has 3 aliphatic rings. The van der Waals surface area contributed by atoms with Crippen LogP contribution in [-0.4, -0.2) is 57.9 Å².